The number of amides is 1. The van der Waals surface area contributed by atoms with Crippen LogP contribution in [0.4, 0.5) is 4.79 Å². The molecule has 10 nitrogen and oxygen atoms in total. The fraction of sp³-hybridized carbons (Fsp3) is 0.360. The smallest absolute Gasteiger partial charge is 0.412 e. The van der Waals surface area contributed by atoms with Gasteiger partial charge in [0.15, 0.2) is 5.60 Å². The molecule has 5 rings (SSSR count). The van der Waals surface area contributed by atoms with Crippen LogP contribution in [0.25, 0.3) is 22.3 Å². The Morgan fingerprint density at radius 2 is 2.09 bits per heavy atom. The van der Waals surface area contributed by atoms with Gasteiger partial charge < -0.3 is 29.4 Å². The average Bonchev–Trinajstić information content (AvgIpc) is 3.19. The molecule has 2 N–H and O–H groups in total. The van der Waals surface area contributed by atoms with Gasteiger partial charge in [0.25, 0.3) is 5.56 Å². The minimum absolute atomic E-state index is 0.0851. The van der Waals surface area contributed by atoms with Gasteiger partial charge in [0, 0.05) is 35.7 Å². The molecule has 0 fully saturated rings. The molecule has 0 saturated carbocycles. The Labute approximate surface area is 201 Å². The lowest BCUT2D eigenvalue weighted by Crippen LogP contribution is -2.44. The zero-order valence-corrected chi connectivity index (χ0v) is 20.0. The summed E-state index contributed by atoms with van der Waals surface area (Å²) in [6.45, 7) is 2.30. The maximum Gasteiger partial charge on any atom is 0.412 e. The van der Waals surface area contributed by atoms with E-state index < -0.39 is 17.7 Å². The second-order valence-electron chi connectivity index (χ2n) is 9.09. The number of fused-ring (bicyclic) bond motifs is 5. The zero-order chi connectivity index (χ0) is 25.1. The third-order valence-corrected chi connectivity index (χ3v) is 6.64. The van der Waals surface area contributed by atoms with Gasteiger partial charge in [0.2, 0.25) is 0 Å². The summed E-state index contributed by atoms with van der Waals surface area (Å²) in [7, 11) is 5.33. The van der Waals surface area contributed by atoms with E-state index in [9.17, 15) is 19.5 Å². The Kier molecular flexibility index (Phi) is 5.37. The normalized spacial score (nSPS) is 18.2. The molecule has 1 amide bonds. The molecule has 1 atom stereocenters. The summed E-state index contributed by atoms with van der Waals surface area (Å²) in [5.41, 5.74) is 1.85. The molecule has 2 aliphatic heterocycles. The van der Waals surface area contributed by atoms with Crippen molar-refractivity contribution in [1.29, 1.82) is 0 Å². The summed E-state index contributed by atoms with van der Waals surface area (Å²) in [5.74, 6) is -0.322. The fourth-order valence-corrected chi connectivity index (χ4v) is 4.82. The molecule has 0 aliphatic carbocycles. The number of hydrogen-bond acceptors (Lipinski definition) is 8. The molecule has 0 saturated heterocycles. The average molecular weight is 479 g/mol. The number of benzene rings is 1. The number of ether oxygens (including phenoxy) is 2. The van der Waals surface area contributed by atoms with Crippen molar-refractivity contribution >= 4 is 23.0 Å². The Hall–Kier alpha value is -3.76. The number of carbonyl (C=O) groups excluding carboxylic acids is 2. The standard InChI is InChI=1S/C25H26N4O6/c1-5-25(33)17-9-19-21-13(10-29(19)22(30)16(17)12-34-23(25)31)8-14-15(11-28(3)4)20(35-24(32)26-2)7-6-18(14)27-21/h6-9,33H,5,10-12H2,1-4H3,(H,26,32)/t25-/m0/s1. The minimum atomic E-state index is -1.87. The van der Waals surface area contributed by atoms with Gasteiger partial charge in [-0.05, 0) is 44.8 Å². The van der Waals surface area contributed by atoms with Crippen LogP contribution in [-0.2, 0) is 34.8 Å². The van der Waals surface area contributed by atoms with E-state index in [0.29, 0.717) is 35.7 Å². The van der Waals surface area contributed by atoms with Gasteiger partial charge in [0.1, 0.15) is 12.4 Å². The molecule has 2 aromatic heterocycles. The van der Waals surface area contributed by atoms with Crippen LogP contribution in [0, 0.1) is 0 Å². The third kappa shape index (κ3) is 3.48. The van der Waals surface area contributed by atoms with E-state index in [1.54, 1.807) is 29.7 Å². The number of carbonyl (C=O) groups is 2. The molecule has 0 unspecified atom stereocenters. The van der Waals surface area contributed by atoms with Gasteiger partial charge in [-0.1, -0.05) is 6.92 Å². The first kappa shape index (κ1) is 23.0. The maximum atomic E-state index is 13.4. The van der Waals surface area contributed by atoms with Crippen LogP contribution in [0.5, 0.6) is 5.75 Å². The number of nitrogens with one attached hydrogen (secondary N) is 1. The van der Waals surface area contributed by atoms with Crippen LogP contribution in [0.2, 0.25) is 0 Å². The summed E-state index contributed by atoms with van der Waals surface area (Å²) >= 11 is 0. The predicted octanol–water partition coefficient (Wildman–Crippen LogP) is 1.86. The number of nitrogens with zero attached hydrogens (tertiary/aromatic N) is 3. The lowest BCUT2D eigenvalue weighted by atomic mass is 9.86. The van der Waals surface area contributed by atoms with E-state index in [1.807, 2.05) is 25.1 Å². The number of hydrogen-bond donors (Lipinski definition) is 2. The van der Waals surface area contributed by atoms with E-state index in [2.05, 4.69) is 5.32 Å². The molecule has 1 aromatic carbocycles. The van der Waals surface area contributed by atoms with Gasteiger partial charge in [-0.3, -0.25) is 4.79 Å². The SMILES string of the molecule is CC[C@@]1(O)C(=O)OCc2c1cc1n(c2=O)Cc2cc3c(CN(C)C)c(OC(=O)NC)ccc3nc2-1. The highest BCUT2D eigenvalue weighted by atomic mass is 16.6. The molecule has 35 heavy (non-hydrogen) atoms. The van der Waals surface area contributed by atoms with Crippen LogP contribution in [0.3, 0.4) is 0 Å². The number of aliphatic hydroxyl groups is 1. The summed E-state index contributed by atoms with van der Waals surface area (Å²) in [6, 6.07) is 7.13. The highest BCUT2D eigenvalue weighted by Crippen LogP contribution is 2.39. The topological polar surface area (TPSA) is 123 Å². The van der Waals surface area contributed by atoms with Gasteiger partial charge >= 0.3 is 12.1 Å². The Morgan fingerprint density at radius 1 is 1.31 bits per heavy atom. The molecular weight excluding hydrogens is 452 g/mol. The molecule has 4 heterocycles. The quantitative estimate of drug-likeness (QED) is 0.426. The molecule has 2 aliphatic rings. The first-order chi connectivity index (χ1) is 16.7. The number of esters is 1. The molecule has 0 bridgehead atoms. The second-order valence-corrected chi connectivity index (χ2v) is 9.09. The molecule has 0 radical (unpaired) electrons. The summed E-state index contributed by atoms with van der Waals surface area (Å²) in [5, 5.41) is 14.3. The first-order valence-corrected chi connectivity index (χ1v) is 11.3. The zero-order valence-electron chi connectivity index (χ0n) is 20.0. The van der Waals surface area contributed by atoms with E-state index in [-0.39, 0.29) is 29.7 Å². The first-order valence-electron chi connectivity index (χ1n) is 11.3. The Morgan fingerprint density at radius 3 is 2.77 bits per heavy atom. The second kappa shape index (κ2) is 8.17. The van der Waals surface area contributed by atoms with Gasteiger partial charge in [-0.2, -0.15) is 0 Å². The number of pyridine rings is 2. The highest BCUT2D eigenvalue weighted by Gasteiger charge is 2.45. The third-order valence-electron chi connectivity index (χ3n) is 6.64. The molecular formula is C25H26N4O6. The van der Waals surface area contributed by atoms with Crippen LogP contribution in [-0.4, -0.2) is 52.8 Å². The van der Waals surface area contributed by atoms with Crippen molar-refractivity contribution in [2.75, 3.05) is 21.1 Å². The largest absolute Gasteiger partial charge is 0.458 e. The van der Waals surface area contributed by atoms with E-state index in [0.717, 1.165) is 16.5 Å². The lowest BCUT2D eigenvalue weighted by Gasteiger charge is -2.31. The van der Waals surface area contributed by atoms with E-state index in [4.69, 9.17) is 14.5 Å². The van der Waals surface area contributed by atoms with Crippen molar-refractivity contribution in [3.8, 4) is 17.1 Å². The Bertz CT molecular complexity index is 1460. The molecule has 10 heteroatoms. The fourth-order valence-electron chi connectivity index (χ4n) is 4.82. The Balaban J connectivity index is 1.71. The highest BCUT2D eigenvalue weighted by molar-refractivity contribution is 5.90. The predicted molar refractivity (Wildman–Crippen MR) is 127 cm³/mol. The van der Waals surface area contributed by atoms with Crippen LogP contribution >= 0.6 is 0 Å². The van der Waals surface area contributed by atoms with Crippen LogP contribution < -0.4 is 15.6 Å². The molecule has 3 aromatic rings. The van der Waals surface area contributed by atoms with E-state index >= 15 is 0 Å². The van der Waals surface area contributed by atoms with Crippen molar-refractivity contribution in [2.45, 2.75) is 38.6 Å². The summed E-state index contributed by atoms with van der Waals surface area (Å²) in [4.78, 5) is 44.4. The van der Waals surface area contributed by atoms with Crippen molar-refractivity contribution in [3.63, 3.8) is 0 Å². The lowest BCUT2D eigenvalue weighted by molar-refractivity contribution is -0.172. The minimum Gasteiger partial charge on any atom is -0.458 e. The van der Waals surface area contributed by atoms with Crippen LogP contribution in [0.15, 0.2) is 29.1 Å². The number of aromatic nitrogens is 2. The van der Waals surface area contributed by atoms with E-state index in [1.165, 1.54) is 7.05 Å². The van der Waals surface area contributed by atoms with Crippen LogP contribution in [0.1, 0.15) is 35.6 Å². The molecule has 0 spiro atoms. The summed E-state index contributed by atoms with van der Waals surface area (Å²) in [6.07, 6.45) is -0.481. The molecule has 182 valence electrons. The van der Waals surface area contributed by atoms with Gasteiger partial charge in [0.05, 0.1) is 29.0 Å². The summed E-state index contributed by atoms with van der Waals surface area (Å²) < 4.78 is 12.2. The maximum absolute atomic E-state index is 13.4. The number of rotatable bonds is 4. The monoisotopic (exact) mass is 478 g/mol. The van der Waals surface area contributed by atoms with Gasteiger partial charge in [-0.25, -0.2) is 14.6 Å². The number of cyclic esters (lactones) is 1. The van der Waals surface area contributed by atoms with Crippen molar-refractivity contribution < 1.29 is 24.2 Å². The van der Waals surface area contributed by atoms with Gasteiger partial charge in [-0.15, -0.1) is 0 Å². The van der Waals surface area contributed by atoms with Crippen molar-refractivity contribution in [1.82, 2.24) is 19.8 Å². The van der Waals surface area contributed by atoms with Crippen molar-refractivity contribution in [3.05, 3.63) is 56.9 Å². The van der Waals surface area contributed by atoms with Crippen molar-refractivity contribution in [2.24, 2.45) is 0 Å².